The Morgan fingerprint density at radius 2 is 1.69 bits per heavy atom. The lowest BCUT2D eigenvalue weighted by Crippen LogP contribution is -2.55. The Hall–Kier alpha value is -0.690. The van der Waals surface area contributed by atoms with E-state index in [0.717, 1.165) is 19.3 Å². The molecule has 1 aliphatic heterocycles. The average molecular weight is 391 g/mol. The minimum atomic E-state index is -1.26. The van der Waals surface area contributed by atoms with Gasteiger partial charge < -0.3 is 9.64 Å². The predicted octanol–water partition coefficient (Wildman–Crippen LogP) is 3.90. The zero-order valence-corrected chi connectivity index (χ0v) is 18.1. The van der Waals surface area contributed by atoms with Crippen molar-refractivity contribution in [1.82, 2.24) is 9.21 Å². The molecular weight excluding hydrogens is 355 g/mol. The summed E-state index contributed by atoms with van der Waals surface area (Å²) in [6, 6.07) is -0.358. The van der Waals surface area contributed by atoms with Crippen LogP contribution >= 0.6 is 0 Å². The van der Waals surface area contributed by atoms with Crippen molar-refractivity contribution in [2.75, 3.05) is 20.1 Å². The maximum Gasteiger partial charge on any atom is 0.410 e. The highest BCUT2D eigenvalue weighted by Crippen LogP contribution is 2.50. The molecule has 7 heteroatoms. The Bertz CT molecular complexity index is 548. The van der Waals surface area contributed by atoms with Crippen molar-refractivity contribution >= 4 is 17.1 Å². The summed E-state index contributed by atoms with van der Waals surface area (Å²) in [6.07, 6.45) is 1.46. The fourth-order valence-corrected chi connectivity index (χ4v) is 5.70. The lowest BCUT2D eigenvalue weighted by atomic mass is 9.74. The molecule has 1 aliphatic carbocycles. The first-order valence-corrected chi connectivity index (χ1v) is 10.6. The molecule has 0 aromatic heterocycles. The first kappa shape index (κ1) is 21.6. The number of hydrogen-bond donors (Lipinski definition) is 0. The van der Waals surface area contributed by atoms with E-state index in [1.165, 1.54) is 0 Å². The molecule has 0 radical (unpaired) electrons. The highest BCUT2D eigenvalue weighted by molar-refractivity contribution is 7.84. The summed E-state index contributed by atoms with van der Waals surface area (Å²) in [6.45, 7) is 12.4. The van der Waals surface area contributed by atoms with Gasteiger partial charge in [-0.05, 0) is 72.6 Å². The summed E-state index contributed by atoms with van der Waals surface area (Å²) in [7, 11) is 0.521. The number of rotatable bonds is 2. The van der Waals surface area contributed by atoms with Gasteiger partial charge in [-0.15, -0.1) is 0 Å². The standard InChI is InChI=1S/C19H35FN2O3S/c1-17(2,3)25-16(23)22-12-10-19(11-13-22)9-8-14(20)15(19)21(7)26(24)18(4,5)6/h14-15H,8-13H2,1-7H3. The molecule has 1 amide bonds. The Morgan fingerprint density at radius 3 is 2.15 bits per heavy atom. The molecule has 1 heterocycles. The van der Waals surface area contributed by atoms with Crippen LogP contribution in [0.1, 0.15) is 67.2 Å². The third-order valence-electron chi connectivity index (χ3n) is 5.48. The van der Waals surface area contributed by atoms with E-state index in [1.807, 2.05) is 41.5 Å². The molecule has 2 fully saturated rings. The van der Waals surface area contributed by atoms with E-state index in [0.29, 0.717) is 19.5 Å². The van der Waals surface area contributed by atoms with Crippen molar-refractivity contribution < 1.29 is 18.1 Å². The largest absolute Gasteiger partial charge is 0.444 e. The highest BCUT2D eigenvalue weighted by atomic mass is 32.2. The number of halogens is 1. The number of piperidine rings is 1. The van der Waals surface area contributed by atoms with Gasteiger partial charge in [-0.1, -0.05) is 0 Å². The number of alkyl halides is 1. The lowest BCUT2D eigenvalue weighted by Gasteiger charge is -2.46. The predicted molar refractivity (Wildman–Crippen MR) is 103 cm³/mol. The Morgan fingerprint density at radius 1 is 1.15 bits per heavy atom. The summed E-state index contributed by atoms with van der Waals surface area (Å²) >= 11 is 0. The van der Waals surface area contributed by atoms with Crippen molar-refractivity contribution in [3.63, 3.8) is 0 Å². The van der Waals surface area contributed by atoms with Gasteiger partial charge in [0.05, 0.1) is 21.8 Å². The number of carbonyl (C=O) groups excluding carboxylic acids is 1. The molecule has 1 saturated carbocycles. The van der Waals surface area contributed by atoms with Crippen LogP contribution in [0.4, 0.5) is 9.18 Å². The summed E-state index contributed by atoms with van der Waals surface area (Å²) < 4.78 is 34.4. The van der Waals surface area contributed by atoms with Crippen LogP contribution in [0.3, 0.4) is 0 Å². The third kappa shape index (κ3) is 4.58. The average Bonchev–Trinajstić information content (AvgIpc) is 2.80. The zero-order chi connectivity index (χ0) is 19.9. The van der Waals surface area contributed by atoms with Gasteiger partial charge in [0, 0.05) is 20.1 Å². The van der Waals surface area contributed by atoms with Gasteiger partial charge in [-0.2, -0.15) is 0 Å². The van der Waals surface area contributed by atoms with Crippen LogP contribution in [0, 0.1) is 5.41 Å². The topological polar surface area (TPSA) is 49.9 Å². The van der Waals surface area contributed by atoms with Gasteiger partial charge in [-0.25, -0.2) is 17.7 Å². The van der Waals surface area contributed by atoms with E-state index in [-0.39, 0.29) is 17.6 Å². The second-order valence-electron chi connectivity index (χ2n) is 9.74. The summed E-state index contributed by atoms with van der Waals surface area (Å²) in [5.41, 5.74) is -0.733. The minimum absolute atomic E-state index is 0.215. The zero-order valence-electron chi connectivity index (χ0n) is 17.3. The number of ether oxygens (including phenoxy) is 1. The molecule has 2 aliphatic rings. The number of carbonyl (C=O) groups is 1. The van der Waals surface area contributed by atoms with Gasteiger partial charge >= 0.3 is 6.09 Å². The fraction of sp³-hybridized carbons (Fsp3) is 0.947. The van der Waals surface area contributed by atoms with Crippen molar-refractivity contribution in [1.29, 1.82) is 0 Å². The van der Waals surface area contributed by atoms with Crippen LogP contribution < -0.4 is 0 Å². The Kier molecular flexibility index (Phi) is 6.13. The maximum absolute atomic E-state index is 14.8. The van der Waals surface area contributed by atoms with Crippen molar-refractivity contribution in [3.05, 3.63) is 0 Å². The SMILES string of the molecule is CN(C1C(F)CCC12CCN(C(=O)OC(C)(C)C)CC2)S(=O)C(C)(C)C. The van der Waals surface area contributed by atoms with Gasteiger partial charge in [0.2, 0.25) is 0 Å². The molecule has 1 saturated heterocycles. The summed E-state index contributed by atoms with van der Waals surface area (Å²) in [5, 5.41) is 0. The van der Waals surface area contributed by atoms with Crippen LogP contribution in [-0.2, 0) is 15.7 Å². The van der Waals surface area contributed by atoms with Gasteiger partial charge in [0.15, 0.2) is 0 Å². The normalized spacial score (nSPS) is 27.8. The number of nitrogens with zero attached hydrogens (tertiary/aromatic N) is 2. The van der Waals surface area contributed by atoms with Crippen LogP contribution in [0.15, 0.2) is 0 Å². The molecule has 0 aromatic rings. The quantitative estimate of drug-likeness (QED) is 0.718. The second-order valence-corrected chi connectivity index (χ2v) is 12.0. The van der Waals surface area contributed by atoms with Crippen molar-refractivity contribution in [2.24, 2.45) is 5.41 Å². The summed E-state index contributed by atoms with van der Waals surface area (Å²) in [5.74, 6) is 0. The molecule has 5 nitrogen and oxygen atoms in total. The first-order valence-electron chi connectivity index (χ1n) is 9.54. The molecule has 0 aromatic carbocycles. The monoisotopic (exact) mass is 390 g/mol. The molecular formula is C19H35FN2O3S. The molecule has 0 N–H and O–H groups in total. The van der Waals surface area contributed by atoms with Crippen LogP contribution in [-0.4, -0.2) is 62.2 Å². The van der Waals surface area contributed by atoms with Crippen LogP contribution in [0.25, 0.3) is 0 Å². The number of amides is 1. The van der Waals surface area contributed by atoms with Gasteiger partial charge in [0.1, 0.15) is 11.8 Å². The second kappa shape index (κ2) is 7.38. The van der Waals surface area contributed by atoms with E-state index < -0.39 is 27.5 Å². The Balaban J connectivity index is 2.10. The molecule has 152 valence electrons. The third-order valence-corrected chi connectivity index (χ3v) is 7.27. The van der Waals surface area contributed by atoms with E-state index in [4.69, 9.17) is 4.74 Å². The van der Waals surface area contributed by atoms with Crippen molar-refractivity contribution in [3.8, 4) is 0 Å². The minimum Gasteiger partial charge on any atom is -0.444 e. The van der Waals surface area contributed by atoms with Gasteiger partial charge in [0.25, 0.3) is 0 Å². The van der Waals surface area contributed by atoms with Crippen LogP contribution in [0.5, 0.6) is 0 Å². The van der Waals surface area contributed by atoms with E-state index in [2.05, 4.69) is 0 Å². The van der Waals surface area contributed by atoms with Gasteiger partial charge in [-0.3, -0.25) is 0 Å². The van der Waals surface area contributed by atoms with E-state index in [9.17, 15) is 13.4 Å². The summed E-state index contributed by atoms with van der Waals surface area (Å²) in [4.78, 5) is 14.0. The molecule has 26 heavy (non-hydrogen) atoms. The molecule has 3 unspecified atom stereocenters. The number of hydrogen-bond acceptors (Lipinski definition) is 3. The highest BCUT2D eigenvalue weighted by Gasteiger charge is 2.54. The molecule has 0 bridgehead atoms. The smallest absolute Gasteiger partial charge is 0.410 e. The Labute approximate surface area is 160 Å². The lowest BCUT2D eigenvalue weighted by molar-refractivity contribution is 0.000736. The van der Waals surface area contributed by atoms with E-state index >= 15 is 0 Å². The molecule has 1 spiro atoms. The number of likely N-dealkylation sites (tertiary alicyclic amines) is 1. The molecule has 2 rings (SSSR count). The maximum atomic E-state index is 14.8. The molecule has 3 atom stereocenters. The van der Waals surface area contributed by atoms with E-state index in [1.54, 1.807) is 16.3 Å². The fourth-order valence-electron chi connectivity index (χ4n) is 4.27. The van der Waals surface area contributed by atoms with Crippen molar-refractivity contribution in [2.45, 2.75) is 89.8 Å². The van der Waals surface area contributed by atoms with Crippen LogP contribution in [0.2, 0.25) is 0 Å². The first-order chi connectivity index (χ1) is 11.8.